The van der Waals surface area contributed by atoms with E-state index in [1.54, 1.807) is 0 Å². The molecule has 0 spiro atoms. The third kappa shape index (κ3) is 3.30. The number of halogens is 4. The lowest BCUT2D eigenvalue weighted by Crippen LogP contribution is -2.48. The van der Waals surface area contributed by atoms with Crippen LogP contribution in [0.2, 0.25) is 5.02 Å². The molecule has 0 aliphatic carbocycles. The van der Waals surface area contributed by atoms with Crippen LogP contribution in [0.1, 0.15) is 34.3 Å². The Hall–Kier alpha value is -3.56. The first-order chi connectivity index (χ1) is 17.3. The Balaban J connectivity index is 1.63. The SMILES string of the molecule is NC(=O)c1cn2cc(F)nc2c(F)c1-c1c(Cl)c(F)cc2c1C[C@](c1ccccc1)([C@@H]1CCCN1)O2. The van der Waals surface area contributed by atoms with Gasteiger partial charge in [-0.15, -0.1) is 0 Å². The van der Waals surface area contributed by atoms with Gasteiger partial charge in [0.05, 0.1) is 22.8 Å². The molecule has 36 heavy (non-hydrogen) atoms. The van der Waals surface area contributed by atoms with E-state index in [2.05, 4.69) is 10.3 Å². The number of amides is 1. The van der Waals surface area contributed by atoms with E-state index in [9.17, 15) is 9.18 Å². The number of nitrogens with zero attached hydrogens (tertiary/aromatic N) is 2. The Morgan fingerprint density at radius 2 is 1.97 bits per heavy atom. The predicted molar refractivity (Wildman–Crippen MR) is 128 cm³/mol. The molecule has 0 bridgehead atoms. The number of hydrogen-bond acceptors (Lipinski definition) is 4. The summed E-state index contributed by atoms with van der Waals surface area (Å²) in [5.41, 5.74) is 4.89. The molecule has 2 aromatic heterocycles. The molecule has 2 atom stereocenters. The molecule has 2 aliphatic rings. The summed E-state index contributed by atoms with van der Waals surface area (Å²) < 4.78 is 52.5. The number of ether oxygens (including phenoxy) is 1. The third-order valence-electron chi connectivity index (χ3n) is 7.07. The number of pyridine rings is 1. The predicted octanol–water partition coefficient (Wildman–Crippen LogP) is 4.75. The van der Waals surface area contributed by atoms with Gasteiger partial charge in [0.1, 0.15) is 11.6 Å². The van der Waals surface area contributed by atoms with Crippen molar-refractivity contribution in [3.8, 4) is 16.9 Å². The number of carbonyl (C=O) groups excluding carboxylic acids is 1. The number of imidazole rings is 1. The molecule has 0 radical (unpaired) electrons. The van der Waals surface area contributed by atoms with Gasteiger partial charge in [0, 0.05) is 35.4 Å². The summed E-state index contributed by atoms with van der Waals surface area (Å²) in [6.07, 6.45) is 4.06. The summed E-state index contributed by atoms with van der Waals surface area (Å²) in [5.74, 6) is -3.64. The molecule has 0 saturated carbocycles. The monoisotopic (exact) mass is 512 g/mol. The average molecular weight is 513 g/mol. The fourth-order valence-electron chi connectivity index (χ4n) is 5.51. The lowest BCUT2D eigenvalue weighted by atomic mass is 9.80. The number of primary amides is 1. The van der Waals surface area contributed by atoms with Gasteiger partial charge in [-0.1, -0.05) is 41.9 Å². The van der Waals surface area contributed by atoms with Gasteiger partial charge >= 0.3 is 0 Å². The van der Waals surface area contributed by atoms with Crippen LogP contribution in [0.4, 0.5) is 13.2 Å². The molecule has 0 unspecified atom stereocenters. The maximum absolute atomic E-state index is 15.9. The number of benzene rings is 2. The van der Waals surface area contributed by atoms with Crippen molar-refractivity contribution in [2.75, 3.05) is 6.54 Å². The quantitative estimate of drug-likeness (QED) is 0.413. The molecule has 1 saturated heterocycles. The van der Waals surface area contributed by atoms with Crippen LogP contribution >= 0.6 is 11.6 Å². The fourth-order valence-corrected chi connectivity index (χ4v) is 5.77. The van der Waals surface area contributed by atoms with Crippen molar-refractivity contribution >= 4 is 23.2 Å². The topological polar surface area (TPSA) is 81.7 Å². The molecule has 3 N–H and O–H groups in total. The lowest BCUT2D eigenvalue weighted by Gasteiger charge is -2.35. The van der Waals surface area contributed by atoms with Gasteiger partial charge in [0.2, 0.25) is 5.95 Å². The molecule has 4 heterocycles. The van der Waals surface area contributed by atoms with Gasteiger partial charge in [0.15, 0.2) is 17.1 Å². The second-order valence-corrected chi connectivity index (χ2v) is 9.48. The third-order valence-corrected chi connectivity index (χ3v) is 7.44. The van der Waals surface area contributed by atoms with Crippen LogP contribution in [-0.4, -0.2) is 27.9 Å². The van der Waals surface area contributed by atoms with Gasteiger partial charge in [-0.05, 0) is 24.9 Å². The highest BCUT2D eigenvalue weighted by molar-refractivity contribution is 6.34. The molecular formula is C26H20ClF3N4O2. The van der Waals surface area contributed by atoms with E-state index in [0.717, 1.165) is 35.5 Å². The van der Waals surface area contributed by atoms with Crippen molar-refractivity contribution in [1.29, 1.82) is 0 Å². The minimum absolute atomic E-state index is 0.0559. The number of carbonyl (C=O) groups is 1. The molecule has 1 fully saturated rings. The van der Waals surface area contributed by atoms with Crippen LogP contribution in [0.5, 0.6) is 5.75 Å². The molecule has 10 heteroatoms. The van der Waals surface area contributed by atoms with Gasteiger partial charge in [-0.3, -0.25) is 4.79 Å². The van der Waals surface area contributed by atoms with Gasteiger partial charge in [-0.2, -0.15) is 9.37 Å². The smallest absolute Gasteiger partial charge is 0.250 e. The Kier molecular flexibility index (Phi) is 5.24. The van der Waals surface area contributed by atoms with E-state index in [1.807, 2.05) is 30.3 Å². The summed E-state index contributed by atoms with van der Waals surface area (Å²) in [5, 5.41) is 3.08. The Morgan fingerprint density at radius 1 is 1.19 bits per heavy atom. The van der Waals surface area contributed by atoms with Gasteiger partial charge < -0.3 is 20.2 Å². The normalized spacial score (nSPS) is 21.1. The Labute approximate surface area is 208 Å². The lowest BCUT2D eigenvalue weighted by molar-refractivity contribution is 0.0539. The zero-order valence-corrected chi connectivity index (χ0v) is 19.6. The first-order valence-corrected chi connectivity index (χ1v) is 11.8. The van der Waals surface area contributed by atoms with E-state index in [-0.39, 0.29) is 40.5 Å². The standard InChI is InChI=1S/C26H20ClF3N4O2/c27-22-16(28)9-17-14(10-26(36-17,18-7-4-8-32-18)13-5-2-1-3-6-13)20(22)21-15(24(31)35)11-34-12-19(29)33-25(34)23(21)30/h1-3,5-6,9,11-12,18,32H,4,7-8,10H2,(H2,31,35)/t18-,26-/m0/s1. The highest BCUT2D eigenvalue weighted by Gasteiger charge is 2.50. The second-order valence-electron chi connectivity index (χ2n) is 9.10. The highest BCUT2D eigenvalue weighted by Crippen LogP contribution is 2.52. The van der Waals surface area contributed by atoms with Crippen molar-refractivity contribution in [1.82, 2.24) is 14.7 Å². The van der Waals surface area contributed by atoms with Crippen molar-refractivity contribution in [3.63, 3.8) is 0 Å². The molecular weight excluding hydrogens is 493 g/mol. The Bertz CT molecular complexity index is 1540. The molecule has 2 aliphatic heterocycles. The van der Waals surface area contributed by atoms with E-state index < -0.39 is 34.1 Å². The summed E-state index contributed by atoms with van der Waals surface area (Å²) in [4.78, 5) is 16.0. The summed E-state index contributed by atoms with van der Waals surface area (Å²) in [6.45, 7) is 0.795. The van der Waals surface area contributed by atoms with Crippen LogP contribution in [-0.2, 0) is 12.0 Å². The van der Waals surface area contributed by atoms with Crippen LogP contribution in [0.3, 0.4) is 0 Å². The van der Waals surface area contributed by atoms with Crippen LogP contribution in [0, 0.1) is 17.6 Å². The van der Waals surface area contributed by atoms with Gasteiger partial charge in [-0.25, -0.2) is 8.78 Å². The van der Waals surface area contributed by atoms with Crippen molar-refractivity contribution < 1.29 is 22.7 Å². The number of aromatic nitrogens is 2. The van der Waals surface area contributed by atoms with Crippen molar-refractivity contribution in [2.24, 2.45) is 5.73 Å². The number of nitrogens with one attached hydrogen (secondary N) is 1. The number of rotatable bonds is 4. The molecule has 2 aromatic carbocycles. The number of nitrogens with two attached hydrogens (primary N) is 1. The van der Waals surface area contributed by atoms with Gasteiger partial charge in [0.25, 0.3) is 5.91 Å². The number of hydrogen-bond donors (Lipinski definition) is 2. The first kappa shape index (κ1) is 22.9. The van der Waals surface area contributed by atoms with Crippen molar-refractivity contribution in [2.45, 2.75) is 30.9 Å². The van der Waals surface area contributed by atoms with Crippen LogP contribution in [0.15, 0.2) is 48.8 Å². The Morgan fingerprint density at radius 3 is 2.67 bits per heavy atom. The summed E-state index contributed by atoms with van der Waals surface area (Å²) >= 11 is 6.45. The molecule has 6 nitrogen and oxygen atoms in total. The zero-order valence-electron chi connectivity index (χ0n) is 18.8. The fraction of sp³-hybridized carbons (Fsp3) is 0.231. The molecule has 4 aromatic rings. The van der Waals surface area contributed by atoms with E-state index in [0.29, 0.717) is 5.56 Å². The average Bonchev–Trinajstić information content (AvgIpc) is 3.60. The number of fused-ring (bicyclic) bond motifs is 2. The zero-order chi connectivity index (χ0) is 25.2. The van der Waals surface area contributed by atoms with E-state index >= 15 is 8.78 Å². The summed E-state index contributed by atoms with van der Waals surface area (Å²) in [7, 11) is 0. The molecule has 184 valence electrons. The minimum Gasteiger partial charge on any atom is -0.480 e. The molecule has 6 rings (SSSR count). The maximum atomic E-state index is 15.9. The maximum Gasteiger partial charge on any atom is 0.250 e. The van der Waals surface area contributed by atoms with E-state index in [4.69, 9.17) is 22.1 Å². The van der Waals surface area contributed by atoms with Crippen molar-refractivity contribution in [3.05, 3.63) is 88.1 Å². The summed E-state index contributed by atoms with van der Waals surface area (Å²) in [6, 6.07) is 10.6. The first-order valence-electron chi connectivity index (χ1n) is 11.5. The second kappa shape index (κ2) is 8.25. The molecule has 1 amide bonds. The largest absolute Gasteiger partial charge is 0.480 e. The van der Waals surface area contributed by atoms with E-state index in [1.165, 1.54) is 12.3 Å². The van der Waals surface area contributed by atoms with Crippen LogP contribution in [0.25, 0.3) is 16.8 Å². The highest BCUT2D eigenvalue weighted by atomic mass is 35.5. The van der Waals surface area contributed by atoms with Crippen LogP contribution < -0.4 is 15.8 Å². The minimum atomic E-state index is -1.04.